The maximum absolute atomic E-state index is 13.6. The SMILES string of the molecule is CC(NCCCc1ncn[nH]1)c1ccc(O)cc1F. The van der Waals surface area contributed by atoms with Crippen molar-refractivity contribution in [2.24, 2.45) is 0 Å². The number of H-pyrrole nitrogens is 1. The number of phenols is 1. The highest BCUT2D eigenvalue weighted by atomic mass is 19.1. The molecule has 1 aromatic carbocycles. The van der Waals surface area contributed by atoms with E-state index in [2.05, 4.69) is 20.5 Å². The van der Waals surface area contributed by atoms with Crippen molar-refractivity contribution >= 4 is 0 Å². The number of benzene rings is 1. The molecule has 0 aliphatic carbocycles. The molecule has 0 amide bonds. The molecule has 1 atom stereocenters. The molecule has 0 saturated heterocycles. The van der Waals surface area contributed by atoms with E-state index in [0.29, 0.717) is 5.56 Å². The molecule has 0 aliphatic rings. The largest absolute Gasteiger partial charge is 0.508 e. The molecule has 0 radical (unpaired) electrons. The molecule has 1 aromatic heterocycles. The van der Waals surface area contributed by atoms with E-state index in [1.165, 1.54) is 12.4 Å². The Morgan fingerprint density at radius 3 is 3.00 bits per heavy atom. The molecule has 0 saturated carbocycles. The van der Waals surface area contributed by atoms with Crippen molar-refractivity contribution in [2.75, 3.05) is 6.54 Å². The van der Waals surface area contributed by atoms with E-state index in [-0.39, 0.29) is 11.8 Å². The van der Waals surface area contributed by atoms with Crippen LogP contribution in [-0.4, -0.2) is 26.8 Å². The molecule has 3 N–H and O–H groups in total. The van der Waals surface area contributed by atoms with Gasteiger partial charge < -0.3 is 10.4 Å². The molecule has 5 nitrogen and oxygen atoms in total. The average molecular weight is 264 g/mol. The van der Waals surface area contributed by atoms with Crippen LogP contribution >= 0.6 is 0 Å². The lowest BCUT2D eigenvalue weighted by Gasteiger charge is -2.14. The number of rotatable bonds is 6. The number of nitrogens with zero attached hydrogens (tertiary/aromatic N) is 2. The summed E-state index contributed by atoms with van der Waals surface area (Å²) in [5, 5.41) is 19.0. The van der Waals surface area contributed by atoms with E-state index in [1.54, 1.807) is 6.07 Å². The Kier molecular flexibility index (Phi) is 4.46. The fourth-order valence-corrected chi connectivity index (χ4v) is 1.90. The third-order valence-electron chi connectivity index (χ3n) is 2.96. The first-order valence-electron chi connectivity index (χ1n) is 6.23. The fraction of sp³-hybridized carbons (Fsp3) is 0.385. The smallest absolute Gasteiger partial charge is 0.137 e. The van der Waals surface area contributed by atoms with Crippen LogP contribution in [0.5, 0.6) is 5.75 Å². The second-order valence-electron chi connectivity index (χ2n) is 4.42. The van der Waals surface area contributed by atoms with Crippen molar-refractivity contribution in [2.45, 2.75) is 25.8 Å². The molecule has 6 heteroatoms. The zero-order chi connectivity index (χ0) is 13.7. The van der Waals surface area contributed by atoms with Crippen LogP contribution in [0.4, 0.5) is 4.39 Å². The number of nitrogens with one attached hydrogen (secondary N) is 2. The Hall–Kier alpha value is -1.95. The number of phenolic OH excluding ortho intramolecular Hbond substituents is 1. The van der Waals surface area contributed by atoms with Gasteiger partial charge >= 0.3 is 0 Å². The van der Waals surface area contributed by atoms with Crippen LogP contribution in [0.25, 0.3) is 0 Å². The van der Waals surface area contributed by atoms with Crippen LogP contribution in [0, 0.1) is 5.82 Å². The van der Waals surface area contributed by atoms with Gasteiger partial charge in [-0.2, -0.15) is 5.10 Å². The molecule has 1 unspecified atom stereocenters. The first-order chi connectivity index (χ1) is 9.16. The summed E-state index contributed by atoms with van der Waals surface area (Å²) in [7, 11) is 0. The number of aromatic amines is 1. The Balaban J connectivity index is 1.79. The quantitative estimate of drug-likeness (QED) is 0.697. The van der Waals surface area contributed by atoms with Crippen molar-refractivity contribution in [1.82, 2.24) is 20.5 Å². The minimum atomic E-state index is -0.393. The lowest BCUT2D eigenvalue weighted by atomic mass is 10.1. The number of hydrogen-bond donors (Lipinski definition) is 3. The van der Waals surface area contributed by atoms with Gasteiger partial charge in [0.15, 0.2) is 0 Å². The molecule has 1 heterocycles. The molecular formula is C13H17FN4O. The van der Waals surface area contributed by atoms with E-state index in [0.717, 1.165) is 31.3 Å². The normalized spacial score (nSPS) is 12.5. The predicted molar refractivity (Wildman–Crippen MR) is 69.2 cm³/mol. The van der Waals surface area contributed by atoms with Gasteiger partial charge in [-0.05, 0) is 26.0 Å². The van der Waals surface area contributed by atoms with Crippen LogP contribution in [-0.2, 0) is 6.42 Å². The summed E-state index contributed by atoms with van der Waals surface area (Å²) in [5.41, 5.74) is 0.553. The zero-order valence-electron chi connectivity index (χ0n) is 10.7. The molecular weight excluding hydrogens is 247 g/mol. The third-order valence-corrected chi connectivity index (χ3v) is 2.96. The second kappa shape index (κ2) is 6.29. The van der Waals surface area contributed by atoms with Crippen molar-refractivity contribution < 1.29 is 9.50 Å². The second-order valence-corrected chi connectivity index (χ2v) is 4.42. The summed E-state index contributed by atoms with van der Waals surface area (Å²) in [6.45, 7) is 2.64. The van der Waals surface area contributed by atoms with Gasteiger partial charge in [-0.15, -0.1) is 0 Å². The summed E-state index contributed by atoms with van der Waals surface area (Å²) in [6, 6.07) is 4.11. The molecule has 19 heavy (non-hydrogen) atoms. The van der Waals surface area contributed by atoms with Crippen LogP contribution in [0.15, 0.2) is 24.5 Å². The number of aromatic hydroxyl groups is 1. The van der Waals surface area contributed by atoms with Crippen LogP contribution in [0.1, 0.15) is 30.8 Å². The van der Waals surface area contributed by atoms with E-state index in [1.807, 2.05) is 6.92 Å². The van der Waals surface area contributed by atoms with Crippen LogP contribution < -0.4 is 5.32 Å². The van der Waals surface area contributed by atoms with Gasteiger partial charge in [0.05, 0.1) is 0 Å². The zero-order valence-corrected chi connectivity index (χ0v) is 10.7. The Morgan fingerprint density at radius 2 is 2.32 bits per heavy atom. The molecule has 102 valence electrons. The number of hydrogen-bond acceptors (Lipinski definition) is 4. The Labute approximate surface area is 110 Å². The average Bonchev–Trinajstić information content (AvgIpc) is 2.87. The van der Waals surface area contributed by atoms with Gasteiger partial charge in [-0.1, -0.05) is 6.07 Å². The third kappa shape index (κ3) is 3.75. The van der Waals surface area contributed by atoms with E-state index in [4.69, 9.17) is 5.11 Å². The monoisotopic (exact) mass is 264 g/mol. The highest BCUT2D eigenvalue weighted by Crippen LogP contribution is 2.20. The number of halogens is 1. The van der Waals surface area contributed by atoms with E-state index >= 15 is 0 Å². The standard InChI is InChI=1S/C13H17FN4O/c1-9(11-5-4-10(19)7-12(11)14)15-6-2-3-13-16-8-17-18-13/h4-5,7-9,15,19H,2-3,6H2,1H3,(H,16,17,18). The Bertz CT molecular complexity index is 515. The van der Waals surface area contributed by atoms with Crippen LogP contribution in [0.3, 0.4) is 0 Å². The highest BCUT2D eigenvalue weighted by molar-refractivity contribution is 5.29. The number of aryl methyl sites for hydroxylation is 1. The molecule has 0 fully saturated rings. The number of aromatic nitrogens is 3. The predicted octanol–water partition coefficient (Wildman–Crippen LogP) is 1.93. The van der Waals surface area contributed by atoms with Crippen molar-refractivity contribution in [3.05, 3.63) is 41.7 Å². The summed E-state index contributed by atoms with van der Waals surface area (Å²) in [4.78, 5) is 4.03. The lowest BCUT2D eigenvalue weighted by Crippen LogP contribution is -2.21. The van der Waals surface area contributed by atoms with Crippen molar-refractivity contribution in [3.8, 4) is 5.75 Å². The van der Waals surface area contributed by atoms with E-state index < -0.39 is 5.82 Å². The minimum absolute atomic E-state index is 0.0567. The van der Waals surface area contributed by atoms with Gasteiger partial charge in [0.2, 0.25) is 0 Å². The lowest BCUT2D eigenvalue weighted by molar-refractivity contribution is 0.463. The fourth-order valence-electron chi connectivity index (χ4n) is 1.90. The molecule has 0 bridgehead atoms. The molecule has 0 aliphatic heterocycles. The van der Waals surface area contributed by atoms with Gasteiger partial charge in [-0.25, -0.2) is 9.37 Å². The summed E-state index contributed by atoms with van der Waals surface area (Å²) in [6.07, 6.45) is 3.17. The van der Waals surface area contributed by atoms with E-state index in [9.17, 15) is 4.39 Å². The first-order valence-corrected chi connectivity index (χ1v) is 6.23. The molecule has 2 aromatic rings. The topological polar surface area (TPSA) is 73.8 Å². The van der Waals surface area contributed by atoms with Gasteiger partial charge in [0, 0.05) is 24.1 Å². The van der Waals surface area contributed by atoms with Crippen LogP contribution in [0.2, 0.25) is 0 Å². The highest BCUT2D eigenvalue weighted by Gasteiger charge is 2.10. The summed E-state index contributed by atoms with van der Waals surface area (Å²) in [5.74, 6) is 0.402. The van der Waals surface area contributed by atoms with Gasteiger partial charge in [0.1, 0.15) is 23.7 Å². The van der Waals surface area contributed by atoms with Crippen molar-refractivity contribution in [1.29, 1.82) is 0 Å². The minimum Gasteiger partial charge on any atom is -0.508 e. The molecule has 2 rings (SSSR count). The van der Waals surface area contributed by atoms with Gasteiger partial charge in [-0.3, -0.25) is 5.10 Å². The summed E-state index contributed by atoms with van der Waals surface area (Å²) >= 11 is 0. The van der Waals surface area contributed by atoms with Crippen molar-refractivity contribution in [3.63, 3.8) is 0 Å². The maximum atomic E-state index is 13.6. The summed E-state index contributed by atoms with van der Waals surface area (Å²) < 4.78 is 13.6. The van der Waals surface area contributed by atoms with Gasteiger partial charge in [0.25, 0.3) is 0 Å². The first kappa shape index (κ1) is 13.5. The molecule has 0 spiro atoms. The Morgan fingerprint density at radius 1 is 1.47 bits per heavy atom. The maximum Gasteiger partial charge on any atom is 0.137 e.